The molecule has 0 bridgehead atoms. The summed E-state index contributed by atoms with van der Waals surface area (Å²) in [6, 6.07) is 10.5. The Morgan fingerprint density at radius 2 is 2.00 bits per heavy atom. The monoisotopic (exact) mass is 309 g/mol. The first-order chi connectivity index (χ1) is 10.1. The third-order valence-corrected chi connectivity index (χ3v) is 4.19. The summed E-state index contributed by atoms with van der Waals surface area (Å²) in [4.78, 5) is 14.6. The SMILES string of the molecule is CN(C)CC(=O)NCCCCC(N)CSc1ccccc1. The lowest BCUT2D eigenvalue weighted by molar-refractivity contribution is -0.121. The number of nitrogens with two attached hydrogens (primary N) is 1. The maximum atomic E-state index is 11.4. The molecule has 1 aromatic carbocycles. The number of likely N-dealkylation sites (N-methyl/N-ethyl adjacent to an activating group) is 1. The number of rotatable bonds is 10. The molecule has 0 aliphatic carbocycles. The highest BCUT2D eigenvalue weighted by atomic mass is 32.2. The number of nitrogens with one attached hydrogen (secondary N) is 1. The van der Waals surface area contributed by atoms with Crippen molar-refractivity contribution >= 4 is 17.7 Å². The van der Waals surface area contributed by atoms with Crippen LogP contribution in [0.5, 0.6) is 0 Å². The number of nitrogens with zero attached hydrogens (tertiary/aromatic N) is 1. The fourth-order valence-corrected chi connectivity index (χ4v) is 2.83. The van der Waals surface area contributed by atoms with Crippen LogP contribution in [0.15, 0.2) is 35.2 Å². The van der Waals surface area contributed by atoms with Crippen LogP contribution in [0, 0.1) is 0 Å². The van der Waals surface area contributed by atoms with Crippen molar-refractivity contribution in [1.82, 2.24) is 10.2 Å². The van der Waals surface area contributed by atoms with Gasteiger partial charge in [-0.3, -0.25) is 4.79 Å². The molecule has 1 aromatic rings. The van der Waals surface area contributed by atoms with Crippen molar-refractivity contribution in [3.8, 4) is 0 Å². The van der Waals surface area contributed by atoms with Gasteiger partial charge < -0.3 is 16.0 Å². The van der Waals surface area contributed by atoms with Gasteiger partial charge in [-0.15, -0.1) is 11.8 Å². The highest BCUT2D eigenvalue weighted by Crippen LogP contribution is 2.18. The molecular weight excluding hydrogens is 282 g/mol. The minimum Gasteiger partial charge on any atom is -0.355 e. The van der Waals surface area contributed by atoms with E-state index in [1.165, 1.54) is 4.90 Å². The summed E-state index contributed by atoms with van der Waals surface area (Å²) in [5, 5.41) is 2.92. The van der Waals surface area contributed by atoms with Gasteiger partial charge in [0.05, 0.1) is 6.54 Å². The molecule has 0 radical (unpaired) electrons. The Bertz CT molecular complexity index is 398. The molecule has 0 aliphatic heterocycles. The Morgan fingerprint density at radius 1 is 1.29 bits per heavy atom. The van der Waals surface area contributed by atoms with E-state index < -0.39 is 0 Å². The van der Waals surface area contributed by atoms with Crippen molar-refractivity contribution in [3.63, 3.8) is 0 Å². The van der Waals surface area contributed by atoms with Crippen molar-refractivity contribution in [1.29, 1.82) is 0 Å². The van der Waals surface area contributed by atoms with Crippen molar-refractivity contribution in [2.75, 3.05) is 32.9 Å². The number of thioether (sulfide) groups is 1. The number of hydrogen-bond donors (Lipinski definition) is 2. The molecule has 1 amide bonds. The van der Waals surface area contributed by atoms with Gasteiger partial charge in [0, 0.05) is 23.2 Å². The van der Waals surface area contributed by atoms with E-state index in [2.05, 4.69) is 17.4 Å². The zero-order valence-corrected chi connectivity index (χ0v) is 13.9. The van der Waals surface area contributed by atoms with Crippen LogP contribution in [0.2, 0.25) is 0 Å². The van der Waals surface area contributed by atoms with E-state index in [1.807, 2.05) is 37.2 Å². The van der Waals surface area contributed by atoms with Crippen LogP contribution in [-0.2, 0) is 4.79 Å². The van der Waals surface area contributed by atoms with Crippen molar-refractivity contribution < 1.29 is 4.79 Å². The molecule has 1 unspecified atom stereocenters. The Kier molecular flexibility index (Phi) is 9.14. The maximum absolute atomic E-state index is 11.4. The fraction of sp³-hybridized carbons (Fsp3) is 0.562. The lowest BCUT2D eigenvalue weighted by Gasteiger charge is -2.12. The maximum Gasteiger partial charge on any atom is 0.234 e. The van der Waals surface area contributed by atoms with Gasteiger partial charge in [0.25, 0.3) is 0 Å². The Labute approximate surface area is 132 Å². The predicted octanol–water partition coefficient (Wildman–Crippen LogP) is 1.95. The topological polar surface area (TPSA) is 58.4 Å². The third-order valence-electron chi connectivity index (χ3n) is 2.99. The molecule has 118 valence electrons. The minimum atomic E-state index is 0.0870. The largest absolute Gasteiger partial charge is 0.355 e. The van der Waals surface area contributed by atoms with Crippen LogP contribution >= 0.6 is 11.8 Å². The minimum absolute atomic E-state index is 0.0870. The number of carbonyl (C=O) groups is 1. The molecule has 0 fully saturated rings. The number of hydrogen-bond acceptors (Lipinski definition) is 4. The van der Waals surface area contributed by atoms with Gasteiger partial charge in [-0.25, -0.2) is 0 Å². The molecule has 1 rings (SSSR count). The number of amides is 1. The first kappa shape index (κ1) is 18.0. The zero-order chi connectivity index (χ0) is 15.5. The van der Waals surface area contributed by atoms with E-state index in [1.54, 1.807) is 11.8 Å². The summed E-state index contributed by atoms with van der Waals surface area (Å²) in [7, 11) is 3.78. The van der Waals surface area contributed by atoms with Crippen LogP contribution in [0.4, 0.5) is 0 Å². The van der Waals surface area contributed by atoms with E-state index in [4.69, 9.17) is 5.73 Å². The average Bonchev–Trinajstić information content (AvgIpc) is 2.45. The first-order valence-corrected chi connectivity index (χ1v) is 8.41. The van der Waals surface area contributed by atoms with Gasteiger partial charge in [-0.05, 0) is 39.1 Å². The van der Waals surface area contributed by atoms with E-state index in [9.17, 15) is 4.79 Å². The highest BCUT2D eigenvalue weighted by molar-refractivity contribution is 7.99. The summed E-state index contributed by atoms with van der Waals surface area (Å²) >= 11 is 1.80. The fourth-order valence-electron chi connectivity index (χ4n) is 1.91. The number of unbranched alkanes of at least 4 members (excludes halogenated alkanes) is 1. The molecule has 0 saturated carbocycles. The van der Waals surface area contributed by atoms with Gasteiger partial charge in [0.1, 0.15) is 0 Å². The Morgan fingerprint density at radius 3 is 2.67 bits per heavy atom. The lowest BCUT2D eigenvalue weighted by Crippen LogP contribution is -2.33. The number of benzene rings is 1. The molecule has 3 N–H and O–H groups in total. The summed E-state index contributed by atoms with van der Waals surface area (Å²) < 4.78 is 0. The van der Waals surface area contributed by atoms with Crippen LogP contribution in [0.1, 0.15) is 19.3 Å². The molecule has 0 aliphatic rings. The van der Waals surface area contributed by atoms with E-state index in [-0.39, 0.29) is 11.9 Å². The Hall–Kier alpha value is -1.04. The standard InChI is InChI=1S/C16H27N3OS/c1-19(2)12-16(20)18-11-7-6-8-14(17)13-21-15-9-4-3-5-10-15/h3-5,9-10,14H,6-8,11-13,17H2,1-2H3,(H,18,20). The lowest BCUT2D eigenvalue weighted by atomic mass is 10.1. The predicted molar refractivity (Wildman–Crippen MR) is 90.6 cm³/mol. The molecule has 4 nitrogen and oxygen atoms in total. The van der Waals surface area contributed by atoms with Gasteiger partial charge in [-0.2, -0.15) is 0 Å². The summed E-state index contributed by atoms with van der Waals surface area (Å²) in [6.07, 6.45) is 3.05. The molecule has 0 spiro atoms. The van der Waals surface area contributed by atoms with Gasteiger partial charge in [0.15, 0.2) is 0 Å². The molecule has 1 atom stereocenters. The summed E-state index contributed by atoms with van der Waals surface area (Å²) in [5.74, 6) is 1.03. The molecule has 5 heteroatoms. The molecule has 0 heterocycles. The quantitative estimate of drug-likeness (QED) is 0.512. The summed E-state index contributed by atoms with van der Waals surface area (Å²) in [6.45, 7) is 1.19. The van der Waals surface area contributed by atoms with Crippen LogP contribution < -0.4 is 11.1 Å². The van der Waals surface area contributed by atoms with Gasteiger partial charge in [0.2, 0.25) is 5.91 Å². The highest BCUT2D eigenvalue weighted by Gasteiger charge is 2.05. The molecule has 0 aromatic heterocycles. The smallest absolute Gasteiger partial charge is 0.234 e. The summed E-state index contributed by atoms with van der Waals surface area (Å²) in [5.41, 5.74) is 6.11. The zero-order valence-electron chi connectivity index (χ0n) is 13.0. The van der Waals surface area contributed by atoms with E-state index in [0.29, 0.717) is 6.54 Å². The van der Waals surface area contributed by atoms with Crippen LogP contribution in [0.25, 0.3) is 0 Å². The van der Waals surface area contributed by atoms with Crippen LogP contribution in [0.3, 0.4) is 0 Å². The normalized spacial score (nSPS) is 12.4. The Balaban J connectivity index is 2.01. The van der Waals surface area contributed by atoms with Crippen molar-refractivity contribution in [3.05, 3.63) is 30.3 Å². The van der Waals surface area contributed by atoms with E-state index in [0.717, 1.165) is 31.6 Å². The van der Waals surface area contributed by atoms with Gasteiger partial charge in [-0.1, -0.05) is 24.6 Å². The average molecular weight is 309 g/mol. The van der Waals surface area contributed by atoms with Crippen LogP contribution in [-0.4, -0.2) is 49.8 Å². The third kappa shape index (κ3) is 9.50. The number of carbonyl (C=O) groups excluding carboxylic acids is 1. The first-order valence-electron chi connectivity index (χ1n) is 7.43. The van der Waals surface area contributed by atoms with E-state index >= 15 is 0 Å². The van der Waals surface area contributed by atoms with Crippen molar-refractivity contribution in [2.45, 2.75) is 30.2 Å². The second-order valence-electron chi connectivity index (χ2n) is 5.47. The second-order valence-corrected chi connectivity index (χ2v) is 6.56. The molecule has 21 heavy (non-hydrogen) atoms. The second kappa shape index (κ2) is 10.7. The van der Waals surface area contributed by atoms with Crippen molar-refractivity contribution in [2.24, 2.45) is 5.73 Å². The van der Waals surface area contributed by atoms with Gasteiger partial charge >= 0.3 is 0 Å². The molecule has 0 saturated heterocycles. The molecular formula is C16H27N3OS.